The molecule has 4 rings (SSSR count). The van der Waals surface area contributed by atoms with E-state index in [-0.39, 0.29) is 6.61 Å². The molecular weight excluding hydrogens is 298 g/mol. The van der Waals surface area contributed by atoms with Crippen molar-refractivity contribution in [2.24, 2.45) is 0 Å². The Hall–Kier alpha value is -3.49. The van der Waals surface area contributed by atoms with Crippen molar-refractivity contribution in [2.75, 3.05) is 5.73 Å². The van der Waals surface area contributed by atoms with E-state index in [0.717, 1.165) is 5.56 Å². The number of pyridine rings is 1. The van der Waals surface area contributed by atoms with Gasteiger partial charge in [0, 0.05) is 11.6 Å². The third kappa shape index (κ3) is 2.55. The summed E-state index contributed by atoms with van der Waals surface area (Å²) < 4.78 is 10.8. The summed E-state index contributed by atoms with van der Waals surface area (Å²) >= 11 is 0. The molecule has 0 saturated carbocycles. The van der Waals surface area contributed by atoms with Gasteiger partial charge < -0.3 is 15.0 Å². The first kappa shape index (κ1) is 13.2. The lowest BCUT2D eigenvalue weighted by Gasteiger charge is -2.03. The molecule has 114 valence electrons. The first-order valence-electron chi connectivity index (χ1n) is 6.78. The summed E-state index contributed by atoms with van der Waals surface area (Å²) in [7, 11) is 0. The highest BCUT2D eigenvalue weighted by Crippen LogP contribution is 2.24. The lowest BCUT2D eigenvalue weighted by atomic mass is 10.2. The van der Waals surface area contributed by atoms with E-state index in [1.165, 1.54) is 0 Å². The van der Waals surface area contributed by atoms with Crippen LogP contribution < -0.4 is 10.5 Å². The molecule has 3 aromatic heterocycles. The van der Waals surface area contributed by atoms with Crippen LogP contribution in [0.15, 0.2) is 40.9 Å². The number of ether oxygens (including phenoxy) is 1. The molecule has 0 amide bonds. The number of hydrogen-bond acceptors (Lipinski definition) is 8. The Balaban J connectivity index is 1.55. The maximum absolute atomic E-state index is 5.71. The lowest BCUT2D eigenvalue weighted by Crippen LogP contribution is -1.99. The van der Waals surface area contributed by atoms with Gasteiger partial charge in [0.2, 0.25) is 5.82 Å². The Morgan fingerprint density at radius 2 is 2.04 bits per heavy atom. The summed E-state index contributed by atoms with van der Waals surface area (Å²) in [5, 5.41) is 14.2. The minimum absolute atomic E-state index is 0.0885. The van der Waals surface area contributed by atoms with Gasteiger partial charge in [-0.05, 0) is 0 Å². The van der Waals surface area contributed by atoms with E-state index in [9.17, 15) is 0 Å². The summed E-state index contributed by atoms with van der Waals surface area (Å²) in [6.45, 7) is 0.0885. The fourth-order valence-electron chi connectivity index (χ4n) is 2.10. The molecule has 0 spiro atoms. The molecule has 3 N–H and O–H groups in total. The van der Waals surface area contributed by atoms with E-state index < -0.39 is 0 Å². The van der Waals surface area contributed by atoms with Crippen LogP contribution in [0, 0.1) is 0 Å². The minimum atomic E-state index is 0.0885. The minimum Gasteiger partial charge on any atom is -0.481 e. The van der Waals surface area contributed by atoms with E-state index in [1.54, 1.807) is 6.07 Å². The number of fused-ring (bicyclic) bond motifs is 1. The molecule has 0 fully saturated rings. The quantitative estimate of drug-likeness (QED) is 0.581. The highest BCUT2D eigenvalue weighted by atomic mass is 16.5. The Labute approximate surface area is 129 Å². The average Bonchev–Trinajstić information content (AvgIpc) is 3.22. The second-order valence-corrected chi connectivity index (χ2v) is 4.72. The number of nitrogens with two attached hydrogens (primary N) is 1. The molecule has 0 aliphatic heterocycles. The van der Waals surface area contributed by atoms with Crippen LogP contribution in [0.2, 0.25) is 0 Å². The zero-order chi connectivity index (χ0) is 15.6. The number of aromatic nitrogens is 6. The highest BCUT2D eigenvalue weighted by molar-refractivity contribution is 5.78. The maximum atomic E-state index is 5.71. The average molecular weight is 309 g/mol. The first-order valence-corrected chi connectivity index (χ1v) is 6.78. The molecular formula is C14H11N7O2. The second kappa shape index (κ2) is 5.37. The smallest absolute Gasteiger partial charge is 0.264 e. The molecule has 0 unspecified atom stereocenters. The van der Waals surface area contributed by atoms with Crippen LogP contribution in [0.3, 0.4) is 0 Å². The number of hydrogen-bond donors (Lipinski definition) is 2. The predicted octanol–water partition coefficient (Wildman–Crippen LogP) is 1.56. The van der Waals surface area contributed by atoms with E-state index in [4.69, 9.17) is 15.0 Å². The number of nitrogens with zero attached hydrogens (tertiary/aromatic N) is 5. The van der Waals surface area contributed by atoms with E-state index in [2.05, 4.69) is 30.5 Å². The van der Waals surface area contributed by atoms with Crippen molar-refractivity contribution in [3.8, 4) is 17.1 Å². The fraction of sp³-hybridized carbons (Fsp3) is 0.0714. The molecule has 1 aromatic carbocycles. The van der Waals surface area contributed by atoms with Crippen LogP contribution in [0.5, 0.6) is 5.75 Å². The van der Waals surface area contributed by atoms with Crippen molar-refractivity contribution in [1.29, 1.82) is 0 Å². The van der Waals surface area contributed by atoms with E-state index >= 15 is 0 Å². The molecule has 0 bridgehead atoms. The number of anilines is 1. The normalized spacial score (nSPS) is 11.0. The maximum Gasteiger partial charge on any atom is 0.264 e. The van der Waals surface area contributed by atoms with Gasteiger partial charge in [-0.25, -0.2) is 10.1 Å². The summed E-state index contributed by atoms with van der Waals surface area (Å²) in [6.07, 6.45) is 0. The molecule has 0 aliphatic carbocycles. The Kier molecular flexibility index (Phi) is 3.08. The van der Waals surface area contributed by atoms with Gasteiger partial charge in [-0.15, -0.1) is 5.10 Å². The third-order valence-corrected chi connectivity index (χ3v) is 3.13. The number of nitrogens with one attached hydrogen (secondary N) is 1. The van der Waals surface area contributed by atoms with Gasteiger partial charge in [0.25, 0.3) is 5.89 Å². The summed E-state index contributed by atoms with van der Waals surface area (Å²) in [5.41, 5.74) is 7.53. The number of rotatable bonds is 4. The van der Waals surface area contributed by atoms with E-state index in [0.29, 0.717) is 34.4 Å². The number of benzene rings is 1. The van der Waals surface area contributed by atoms with Crippen LogP contribution in [0.1, 0.15) is 5.89 Å². The van der Waals surface area contributed by atoms with Gasteiger partial charge in [0.05, 0.1) is 0 Å². The van der Waals surface area contributed by atoms with Crippen molar-refractivity contribution in [3.63, 3.8) is 0 Å². The van der Waals surface area contributed by atoms with Crippen LogP contribution in [-0.4, -0.2) is 30.5 Å². The molecule has 23 heavy (non-hydrogen) atoms. The zero-order valence-corrected chi connectivity index (χ0v) is 11.8. The molecule has 4 aromatic rings. The third-order valence-electron chi connectivity index (χ3n) is 3.13. The van der Waals surface area contributed by atoms with Gasteiger partial charge in [-0.3, -0.25) is 0 Å². The Morgan fingerprint density at radius 1 is 1.17 bits per heavy atom. The molecule has 9 heteroatoms. The number of aromatic amines is 1. The van der Waals surface area contributed by atoms with Crippen molar-refractivity contribution >= 4 is 17.0 Å². The van der Waals surface area contributed by atoms with Crippen LogP contribution >= 0.6 is 0 Å². The summed E-state index contributed by atoms with van der Waals surface area (Å²) in [4.78, 5) is 8.35. The monoisotopic (exact) mass is 309 g/mol. The fourth-order valence-corrected chi connectivity index (χ4v) is 2.10. The SMILES string of the molecule is Nc1cc(OCc2nc(-c3ccccc3)no2)c2nn[nH]c2n1. The Bertz CT molecular complexity index is 948. The zero-order valence-electron chi connectivity index (χ0n) is 11.8. The lowest BCUT2D eigenvalue weighted by molar-refractivity contribution is 0.245. The topological polar surface area (TPSA) is 129 Å². The predicted molar refractivity (Wildman–Crippen MR) is 80.2 cm³/mol. The second-order valence-electron chi connectivity index (χ2n) is 4.72. The van der Waals surface area contributed by atoms with Crippen molar-refractivity contribution < 1.29 is 9.26 Å². The summed E-state index contributed by atoms with van der Waals surface area (Å²) in [5.74, 6) is 1.59. The molecule has 0 aliphatic rings. The van der Waals surface area contributed by atoms with Gasteiger partial charge >= 0.3 is 0 Å². The van der Waals surface area contributed by atoms with Crippen molar-refractivity contribution in [2.45, 2.75) is 6.61 Å². The molecule has 0 atom stereocenters. The Morgan fingerprint density at radius 3 is 2.91 bits per heavy atom. The van der Waals surface area contributed by atoms with Crippen LogP contribution in [0.25, 0.3) is 22.6 Å². The summed E-state index contributed by atoms with van der Waals surface area (Å²) in [6, 6.07) is 11.1. The standard InChI is InChI=1S/C14H11N7O2/c15-10-6-9(12-14(16-10)19-21-18-12)22-7-11-17-13(20-23-11)8-4-2-1-3-5-8/h1-6H,7H2,(H3,15,16,18,19,21). The molecule has 9 nitrogen and oxygen atoms in total. The van der Waals surface area contributed by atoms with Gasteiger partial charge in [-0.2, -0.15) is 4.98 Å². The number of H-pyrrole nitrogens is 1. The van der Waals surface area contributed by atoms with Gasteiger partial charge in [0.15, 0.2) is 23.5 Å². The van der Waals surface area contributed by atoms with Crippen molar-refractivity contribution in [1.82, 2.24) is 30.5 Å². The van der Waals surface area contributed by atoms with Crippen LogP contribution in [-0.2, 0) is 6.61 Å². The first-order chi connectivity index (χ1) is 11.3. The van der Waals surface area contributed by atoms with E-state index in [1.807, 2.05) is 30.3 Å². The van der Waals surface area contributed by atoms with Crippen LogP contribution in [0.4, 0.5) is 5.82 Å². The molecule has 0 saturated heterocycles. The number of nitrogen functional groups attached to an aromatic ring is 1. The highest BCUT2D eigenvalue weighted by Gasteiger charge is 2.12. The molecule has 0 radical (unpaired) electrons. The van der Waals surface area contributed by atoms with Gasteiger partial charge in [0.1, 0.15) is 5.82 Å². The van der Waals surface area contributed by atoms with Crippen molar-refractivity contribution in [3.05, 3.63) is 42.3 Å². The molecule has 3 heterocycles. The largest absolute Gasteiger partial charge is 0.481 e. The van der Waals surface area contributed by atoms with Gasteiger partial charge in [-0.1, -0.05) is 40.7 Å².